The smallest absolute Gasteiger partial charge is 0.0515 e. The Bertz CT molecular complexity index is 92.7. The second kappa shape index (κ2) is 4.57. The van der Waals surface area contributed by atoms with Gasteiger partial charge in [0.05, 0.1) is 6.10 Å². The van der Waals surface area contributed by atoms with Crippen LogP contribution < -0.4 is 0 Å². The molecule has 0 aliphatic rings. The number of hydrogen-bond donors (Lipinski definition) is 1. The minimum absolute atomic E-state index is 0.153. The molecule has 0 saturated carbocycles. The topological polar surface area (TPSA) is 20.2 Å². The van der Waals surface area contributed by atoms with Crippen LogP contribution in [0.4, 0.5) is 0 Å². The van der Waals surface area contributed by atoms with Crippen molar-refractivity contribution in [2.45, 2.75) is 39.7 Å². The molecule has 0 spiro atoms. The van der Waals surface area contributed by atoms with Gasteiger partial charge in [0.2, 0.25) is 0 Å². The van der Waals surface area contributed by atoms with Gasteiger partial charge in [0.25, 0.3) is 0 Å². The first-order valence-corrected chi connectivity index (χ1v) is 3.46. The fraction of sp³-hybridized carbons (Fsp3) is 0.750. The third-order valence-electron chi connectivity index (χ3n) is 1.45. The van der Waals surface area contributed by atoms with Crippen molar-refractivity contribution in [3.63, 3.8) is 0 Å². The molecular weight excluding hydrogens is 112 g/mol. The Balaban J connectivity index is 3.28. The highest BCUT2D eigenvalue weighted by Gasteiger charge is 1.94. The summed E-state index contributed by atoms with van der Waals surface area (Å²) in [7, 11) is 0. The van der Waals surface area contributed by atoms with Crippen LogP contribution in [-0.4, -0.2) is 11.2 Å². The van der Waals surface area contributed by atoms with E-state index in [-0.39, 0.29) is 6.10 Å². The second-order valence-corrected chi connectivity index (χ2v) is 2.52. The molecule has 0 rings (SSSR count). The van der Waals surface area contributed by atoms with Gasteiger partial charge in [-0.3, -0.25) is 0 Å². The molecular formula is C8H16O. The van der Waals surface area contributed by atoms with Gasteiger partial charge in [-0.15, -0.1) is 0 Å². The zero-order chi connectivity index (χ0) is 7.28. The molecule has 1 atom stereocenters. The third kappa shape index (κ3) is 5.57. The largest absolute Gasteiger partial charge is 0.393 e. The summed E-state index contributed by atoms with van der Waals surface area (Å²) in [6.07, 6.45) is 3.84. The molecule has 0 heterocycles. The highest BCUT2D eigenvalue weighted by molar-refractivity contribution is 4.95. The van der Waals surface area contributed by atoms with Gasteiger partial charge in [0.15, 0.2) is 0 Å². The lowest BCUT2D eigenvalue weighted by atomic mass is 10.1. The van der Waals surface area contributed by atoms with Gasteiger partial charge in [-0.2, -0.15) is 0 Å². The van der Waals surface area contributed by atoms with Crippen molar-refractivity contribution in [1.82, 2.24) is 0 Å². The summed E-state index contributed by atoms with van der Waals surface area (Å²) in [4.78, 5) is 0. The highest BCUT2D eigenvalue weighted by Crippen LogP contribution is 2.05. The molecule has 0 bridgehead atoms. The minimum Gasteiger partial charge on any atom is -0.393 e. The van der Waals surface area contributed by atoms with Crippen molar-refractivity contribution in [3.8, 4) is 0 Å². The number of allylic oxidation sites excluding steroid dienone is 2. The van der Waals surface area contributed by atoms with Crippen LogP contribution in [0.3, 0.4) is 0 Å². The number of rotatable bonds is 3. The fourth-order valence-corrected chi connectivity index (χ4v) is 0.581. The molecule has 0 aromatic rings. The molecule has 0 radical (unpaired) electrons. The average molecular weight is 128 g/mol. The van der Waals surface area contributed by atoms with Gasteiger partial charge in [0.1, 0.15) is 0 Å². The van der Waals surface area contributed by atoms with E-state index >= 15 is 0 Å². The summed E-state index contributed by atoms with van der Waals surface area (Å²) in [5.74, 6) is 0. The summed E-state index contributed by atoms with van der Waals surface area (Å²) >= 11 is 0. The molecule has 0 aliphatic heterocycles. The molecule has 0 amide bonds. The molecule has 0 saturated heterocycles. The van der Waals surface area contributed by atoms with Crippen LogP contribution in [0.25, 0.3) is 0 Å². The maximum absolute atomic E-state index is 8.87. The standard InChI is InChI=1S/C8H16O/c1-4-7(2)5-6-8(3)9/h4,8-9H,5-6H2,1-3H3. The summed E-state index contributed by atoms with van der Waals surface area (Å²) in [6, 6.07) is 0. The Hall–Kier alpha value is -0.300. The van der Waals surface area contributed by atoms with Crippen molar-refractivity contribution in [2.75, 3.05) is 0 Å². The lowest BCUT2D eigenvalue weighted by Crippen LogP contribution is -1.98. The maximum Gasteiger partial charge on any atom is 0.0515 e. The van der Waals surface area contributed by atoms with Crippen molar-refractivity contribution >= 4 is 0 Å². The van der Waals surface area contributed by atoms with E-state index in [2.05, 4.69) is 13.0 Å². The molecule has 1 unspecified atom stereocenters. The van der Waals surface area contributed by atoms with E-state index in [0.29, 0.717) is 0 Å². The molecule has 54 valence electrons. The van der Waals surface area contributed by atoms with Gasteiger partial charge in [-0.25, -0.2) is 0 Å². The predicted octanol–water partition coefficient (Wildman–Crippen LogP) is 2.11. The van der Waals surface area contributed by atoms with E-state index in [1.54, 1.807) is 0 Å². The monoisotopic (exact) mass is 128 g/mol. The van der Waals surface area contributed by atoms with Crippen molar-refractivity contribution in [3.05, 3.63) is 11.6 Å². The Morgan fingerprint density at radius 1 is 1.67 bits per heavy atom. The summed E-state index contributed by atoms with van der Waals surface area (Å²) < 4.78 is 0. The van der Waals surface area contributed by atoms with Crippen LogP contribution in [0.5, 0.6) is 0 Å². The second-order valence-electron chi connectivity index (χ2n) is 2.52. The number of hydrogen-bond acceptors (Lipinski definition) is 1. The molecule has 9 heavy (non-hydrogen) atoms. The Morgan fingerprint density at radius 3 is 2.56 bits per heavy atom. The number of aliphatic hydroxyl groups is 1. The molecule has 0 aromatic carbocycles. The number of aliphatic hydroxyl groups excluding tert-OH is 1. The fourth-order valence-electron chi connectivity index (χ4n) is 0.581. The van der Waals surface area contributed by atoms with Gasteiger partial charge >= 0.3 is 0 Å². The first-order chi connectivity index (χ1) is 4.16. The van der Waals surface area contributed by atoms with Crippen LogP contribution in [0.15, 0.2) is 11.6 Å². The van der Waals surface area contributed by atoms with Crippen molar-refractivity contribution in [1.29, 1.82) is 0 Å². The maximum atomic E-state index is 8.87. The molecule has 1 heteroatoms. The first kappa shape index (κ1) is 8.70. The van der Waals surface area contributed by atoms with E-state index in [0.717, 1.165) is 12.8 Å². The lowest BCUT2D eigenvalue weighted by Gasteiger charge is -2.02. The Morgan fingerprint density at radius 2 is 2.22 bits per heavy atom. The van der Waals surface area contributed by atoms with Gasteiger partial charge in [-0.05, 0) is 33.6 Å². The average Bonchev–Trinajstić information content (AvgIpc) is 1.83. The molecule has 0 aliphatic carbocycles. The van der Waals surface area contributed by atoms with Crippen LogP contribution in [0.1, 0.15) is 33.6 Å². The highest BCUT2D eigenvalue weighted by atomic mass is 16.3. The van der Waals surface area contributed by atoms with Crippen LogP contribution in [0.2, 0.25) is 0 Å². The first-order valence-electron chi connectivity index (χ1n) is 3.46. The van der Waals surface area contributed by atoms with Crippen LogP contribution >= 0.6 is 0 Å². The molecule has 0 fully saturated rings. The molecule has 0 aromatic heterocycles. The van der Waals surface area contributed by atoms with Crippen molar-refractivity contribution in [2.24, 2.45) is 0 Å². The SMILES string of the molecule is CC=C(C)CCC(C)O. The van der Waals surface area contributed by atoms with Gasteiger partial charge < -0.3 is 5.11 Å². The van der Waals surface area contributed by atoms with E-state index < -0.39 is 0 Å². The van der Waals surface area contributed by atoms with Gasteiger partial charge in [-0.1, -0.05) is 11.6 Å². The molecule has 1 nitrogen and oxygen atoms in total. The Labute approximate surface area is 57.4 Å². The summed E-state index contributed by atoms with van der Waals surface area (Å²) in [5, 5.41) is 8.87. The van der Waals surface area contributed by atoms with Crippen LogP contribution in [-0.2, 0) is 0 Å². The van der Waals surface area contributed by atoms with E-state index in [1.165, 1.54) is 5.57 Å². The third-order valence-corrected chi connectivity index (χ3v) is 1.45. The van der Waals surface area contributed by atoms with E-state index in [4.69, 9.17) is 5.11 Å². The van der Waals surface area contributed by atoms with Crippen LogP contribution in [0, 0.1) is 0 Å². The zero-order valence-corrected chi connectivity index (χ0v) is 6.52. The summed E-state index contributed by atoms with van der Waals surface area (Å²) in [5.41, 5.74) is 1.36. The van der Waals surface area contributed by atoms with E-state index in [1.807, 2.05) is 13.8 Å². The zero-order valence-electron chi connectivity index (χ0n) is 6.52. The van der Waals surface area contributed by atoms with Crippen molar-refractivity contribution < 1.29 is 5.11 Å². The quantitative estimate of drug-likeness (QED) is 0.577. The minimum atomic E-state index is -0.153. The Kier molecular flexibility index (Phi) is 4.41. The van der Waals surface area contributed by atoms with Gasteiger partial charge in [0, 0.05) is 0 Å². The van der Waals surface area contributed by atoms with E-state index in [9.17, 15) is 0 Å². The normalized spacial score (nSPS) is 15.8. The predicted molar refractivity (Wildman–Crippen MR) is 40.3 cm³/mol. The lowest BCUT2D eigenvalue weighted by molar-refractivity contribution is 0.185. The molecule has 1 N–H and O–H groups in total. The summed E-state index contributed by atoms with van der Waals surface area (Å²) in [6.45, 7) is 5.93.